The van der Waals surface area contributed by atoms with Crippen molar-refractivity contribution in [3.05, 3.63) is 230 Å². The second-order valence-electron chi connectivity index (χ2n) is 16.5. The van der Waals surface area contributed by atoms with Gasteiger partial charge in [0.15, 0.2) is 0 Å². The molecule has 0 radical (unpaired) electrons. The van der Waals surface area contributed by atoms with Crippen molar-refractivity contribution in [2.45, 2.75) is 20.8 Å². The van der Waals surface area contributed by atoms with Gasteiger partial charge in [0.25, 0.3) is 0 Å². The highest BCUT2D eigenvalue weighted by Crippen LogP contribution is 2.46. The second kappa shape index (κ2) is 16.0. The summed E-state index contributed by atoms with van der Waals surface area (Å²) in [6.07, 6.45) is 10.7. The summed E-state index contributed by atoms with van der Waals surface area (Å²) in [5.41, 5.74) is 16.3. The third-order valence-electron chi connectivity index (χ3n) is 12.9. The molecule has 8 aromatic carbocycles. The van der Waals surface area contributed by atoms with Crippen LogP contribution in [0.5, 0.6) is 0 Å². The van der Waals surface area contributed by atoms with Crippen molar-refractivity contribution in [1.82, 2.24) is 13.7 Å². The Labute approximate surface area is 374 Å². The molecule has 0 aliphatic carbocycles. The monoisotopic (exact) mass is 824 g/mol. The number of hydrogen-bond acceptors (Lipinski definition) is 1. The standard InChI is InChI=1S/C60H48N4/c1-5-7-10-22-42(6-2)53-40-47(36-35-41(53)3)64-56-34-20-17-31-52(56)57(43-23-11-8-12-24-43)60(64)61(4)45-27-21-28-46(39-45)63-55-33-19-16-30-49(55)51-38-37-50-48-29-15-18-32-54(48)62(58(50)59(51)63)44-25-13-9-14-26-44/h5-40H,1-4H3/b7-5-,22-10-,42-6-. The molecular weight excluding hydrogens is 777 g/mol. The van der Waals surface area contributed by atoms with Gasteiger partial charge in [0.05, 0.1) is 27.6 Å². The van der Waals surface area contributed by atoms with Crippen LogP contribution in [0.15, 0.2) is 218 Å². The molecule has 0 amide bonds. The molecule has 0 aliphatic rings. The van der Waals surface area contributed by atoms with Crippen LogP contribution in [0.3, 0.4) is 0 Å². The molecule has 0 saturated carbocycles. The maximum atomic E-state index is 2.49. The minimum atomic E-state index is 1.08. The summed E-state index contributed by atoms with van der Waals surface area (Å²) in [6, 6.07) is 68.7. The largest absolute Gasteiger partial charge is 0.330 e. The van der Waals surface area contributed by atoms with Crippen LogP contribution >= 0.6 is 0 Å². The van der Waals surface area contributed by atoms with Crippen LogP contribution in [0.2, 0.25) is 0 Å². The molecule has 0 fully saturated rings. The van der Waals surface area contributed by atoms with Crippen molar-refractivity contribution in [1.29, 1.82) is 0 Å². The molecule has 3 aromatic heterocycles. The number of aromatic nitrogens is 3. The third-order valence-corrected chi connectivity index (χ3v) is 12.9. The predicted octanol–water partition coefficient (Wildman–Crippen LogP) is 16.1. The molecule has 0 atom stereocenters. The van der Waals surface area contributed by atoms with Crippen LogP contribution in [-0.4, -0.2) is 20.7 Å². The number of allylic oxidation sites excluding steroid dienone is 6. The average Bonchev–Trinajstić information content (AvgIpc) is 4.00. The predicted molar refractivity (Wildman–Crippen MR) is 274 cm³/mol. The lowest BCUT2D eigenvalue weighted by Crippen LogP contribution is -2.15. The van der Waals surface area contributed by atoms with Gasteiger partial charge in [-0.3, -0.25) is 4.57 Å². The van der Waals surface area contributed by atoms with E-state index in [0.717, 1.165) is 34.1 Å². The smallest absolute Gasteiger partial charge is 0.126 e. The molecule has 4 nitrogen and oxygen atoms in total. The van der Waals surface area contributed by atoms with Crippen LogP contribution in [0.4, 0.5) is 11.5 Å². The normalized spacial score (nSPS) is 12.3. The highest BCUT2D eigenvalue weighted by atomic mass is 15.2. The zero-order valence-electron chi connectivity index (χ0n) is 36.6. The summed E-state index contributed by atoms with van der Waals surface area (Å²) in [5.74, 6) is 1.10. The summed E-state index contributed by atoms with van der Waals surface area (Å²) in [5, 5.41) is 6.13. The van der Waals surface area contributed by atoms with Gasteiger partial charge in [-0.05, 0) is 104 Å². The van der Waals surface area contributed by atoms with Gasteiger partial charge < -0.3 is 14.0 Å². The Morgan fingerprint density at radius 3 is 1.66 bits per heavy atom. The highest BCUT2D eigenvalue weighted by Gasteiger charge is 2.26. The zero-order valence-corrected chi connectivity index (χ0v) is 36.6. The molecule has 0 aliphatic heterocycles. The van der Waals surface area contributed by atoms with Gasteiger partial charge in [0.2, 0.25) is 0 Å². The van der Waals surface area contributed by atoms with Gasteiger partial charge in [0.1, 0.15) is 5.82 Å². The summed E-state index contributed by atoms with van der Waals surface area (Å²) < 4.78 is 7.40. The minimum absolute atomic E-state index is 1.08. The number of rotatable bonds is 9. The van der Waals surface area contributed by atoms with Crippen molar-refractivity contribution in [2.24, 2.45) is 0 Å². The van der Waals surface area contributed by atoms with Crippen LogP contribution in [-0.2, 0) is 0 Å². The van der Waals surface area contributed by atoms with E-state index in [4.69, 9.17) is 0 Å². The first-order chi connectivity index (χ1) is 31.6. The fourth-order valence-electron chi connectivity index (χ4n) is 9.94. The molecule has 64 heavy (non-hydrogen) atoms. The van der Waals surface area contributed by atoms with Crippen molar-refractivity contribution in [3.8, 4) is 28.2 Å². The number of fused-ring (bicyclic) bond motifs is 8. The second-order valence-corrected chi connectivity index (χ2v) is 16.5. The fourth-order valence-corrected chi connectivity index (χ4v) is 9.94. The van der Waals surface area contributed by atoms with E-state index in [0.29, 0.717) is 0 Å². The lowest BCUT2D eigenvalue weighted by atomic mass is 9.99. The number of para-hydroxylation sites is 4. The van der Waals surface area contributed by atoms with Gasteiger partial charge in [-0.15, -0.1) is 0 Å². The van der Waals surface area contributed by atoms with Crippen molar-refractivity contribution in [2.75, 3.05) is 11.9 Å². The number of hydrogen-bond donors (Lipinski definition) is 0. The van der Waals surface area contributed by atoms with Crippen LogP contribution < -0.4 is 4.90 Å². The highest BCUT2D eigenvalue weighted by molar-refractivity contribution is 6.24. The minimum Gasteiger partial charge on any atom is -0.330 e. The molecule has 308 valence electrons. The van der Waals surface area contributed by atoms with Gasteiger partial charge in [-0.1, -0.05) is 158 Å². The summed E-state index contributed by atoms with van der Waals surface area (Å²) in [4.78, 5) is 2.39. The first-order valence-electron chi connectivity index (χ1n) is 22.2. The summed E-state index contributed by atoms with van der Waals surface area (Å²) >= 11 is 0. The zero-order chi connectivity index (χ0) is 43.3. The Hall–Kier alpha value is -8.08. The molecule has 0 bridgehead atoms. The first kappa shape index (κ1) is 38.8. The van der Waals surface area contributed by atoms with Crippen molar-refractivity contribution < 1.29 is 0 Å². The Morgan fingerprint density at radius 1 is 0.469 bits per heavy atom. The molecule has 3 heterocycles. The van der Waals surface area contributed by atoms with Crippen LogP contribution in [0, 0.1) is 6.92 Å². The molecule has 0 unspecified atom stereocenters. The summed E-state index contributed by atoms with van der Waals surface area (Å²) in [7, 11) is 2.22. The maximum Gasteiger partial charge on any atom is 0.126 e. The molecule has 11 rings (SSSR count). The molecule has 0 saturated heterocycles. The van der Waals surface area contributed by atoms with E-state index in [9.17, 15) is 0 Å². The summed E-state index contributed by atoms with van der Waals surface area (Å²) in [6.45, 7) is 6.37. The molecule has 4 heteroatoms. The lowest BCUT2D eigenvalue weighted by molar-refractivity contribution is 1.04. The van der Waals surface area contributed by atoms with Crippen molar-refractivity contribution >= 4 is 71.6 Å². The quantitative estimate of drug-likeness (QED) is 0.133. The van der Waals surface area contributed by atoms with Gasteiger partial charge >= 0.3 is 0 Å². The SMILES string of the molecule is C\C=C/C=C\C(=C\C)c1cc(-n2c(N(C)c3cccc(-n4c5ccccc5c5ccc6c7ccccc7n(-c7ccccc7)c6c54)c3)c(-c3ccccc3)c3ccccc32)ccc1C. The Morgan fingerprint density at radius 2 is 1.02 bits per heavy atom. The first-order valence-corrected chi connectivity index (χ1v) is 22.2. The molecular formula is C60H48N4. The topological polar surface area (TPSA) is 18.0 Å². The number of nitrogens with zero attached hydrogens (tertiary/aromatic N) is 4. The number of benzene rings is 8. The average molecular weight is 825 g/mol. The Kier molecular flexibility index (Phi) is 9.70. The van der Waals surface area contributed by atoms with E-state index in [1.165, 1.54) is 76.8 Å². The van der Waals surface area contributed by atoms with E-state index in [-0.39, 0.29) is 0 Å². The van der Waals surface area contributed by atoms with Crippen LogP contribution in [0.1, 0.15) is 25.0 Å². The van der Waals surface area contributed by atoms with Gasteiger partial charge in [-0.25, -0.2) is 0 Å². The van der Waals surface area contributed by atoms with E-state index in [2.05, 4.69) is 258 Å². The maximum absolute atomic E-state index is 2.49. The van der Waals surface area contributed by atoms with Gasteiger partial charge in [0, 0.05) is 62.3 Å². The lowest BCUT2D eigenvalue weighted by Gasteiger charge is -2.25. The molecule has 0 spiro atoms. The Bertz CT molecular complexity index is 3650. The fraction of sp³-hybridized carbons (Fsp3) is 0.0667. The molecule has 11 aromatic rings. The van der Waals surface area contributed by atoms with Gasteiger partial charge in [-0.2, -0.15) is 0 Å². The van der Waals surface area contributed by atoms with E-state index in [1.807, 2.05) is 6.92 Å². The Balaban J connectivity index is 1.17. The third kappa shape index (κ3) is 6.21. The van der Waals surface area contributed by atoms with Crippen LogP contribution in [0.25, 0.3) is 88.3 Å². The van der Waals surface area contributed by atoms with E-state index >= 15 is 0 Å². The van der Waals surface area contributed by atoms with E-state index in [1.54, 1.807) is 0 Å². The van der Waals surface area contributed by atoms with E-state index < -0.39 is 0 Å². The molecule has 0 N–H and O–H groups in total. The van der Waals surface area contributed by atoms with Crippen molar-refractivity contribution in [3.63, 3.8) is 0 Å². The number of anilines is 2. The number of aryl methyl sites for hydroxylation is 1.